The van der Waals surface area contributed by atoms with Crippen molar-refractivity contribution in [2.45, 2.75) is 25.9 Å². The largest absolute Gasteiger partial charge is 0.355 e. The first kappa shape index (κ1) is 32.3. The second-order valence-corrected chi connectivity index (χ2v) is 12.8. The number of hydrogen-bond acceptors (Lipinski definition) is 4. The lowest BCUT2D eigenvalue weighted by molar-refractivity contribution is -0.140. The van der Waals surface area contributed by atoms with E-state index in [0.717, 1.165) is 16.1 Å². The third-order valence-electron chi connectivity index (χ3n) is 5.95. The fraction of sp³-hybridized carbons (Fsp3) is 0.259. The molecule has 0 heterocycles. The van der Waals surface area contributed by atoms with Gasteiger partial charge in [0.1, 0.15) is 12.6 Å². The van der Waals surface area contributed by atoms with Crippen molar-refractivity contribution in [2.24, 2.45) is 0 Å². The Morgan fingerprint density at radius 1 is 0.850 bits per heavy atom. The highest BCUT2D eigenvalue weighted by atomic mass is 35.5. The molecule has 7 nitrogen and oxygen atoms in total. The van der Waals surface area contributed by atoms with Crippen molar-refractivity contribution in [1.82, 2.24) is 10.2 Å². The van der Waals surface area contributed by atoms with Gasteiger partial charge in [-0.15, -0.1) is 0 Å². The molecular weight excluding hydrogens is 640 g/mol. The Balaban J connectivity index is 2.13. The first-order valence-electron chi connectivity index (χ1n) is 12.0. The molecule has 0 radical (unpaired) electrons. The van der Waals surface area contributed by atoms with E-state index < -0.39 is 34.4 Å². The van der Waals surface area contributed by atoms with Crippen molar-refractivity contribution < 1.29 is 18.0 Å². The molecule has 0 saturated heterocycles. The van der Waals surface area contributed by atoms with Crippen LogP contribution in [0.1, 0.15) is 18.1 Å². The number of carbonyl (C=O) groups is 2. The molecule has 0 saturated carbocycles. The molecule has 0 spiro atoms. The van der Waals surface area contributed by atoms with Crippen molar-refractivity contribution in [3.63, 3.8) is 0 Å². The van der Waals surface area contributed by atoms with Gasteiger partial charge < -0.3 is 10.2 Å². The molecule has 0 aliphatic heterocycles. The number of anilines is 1. The van der Waals surface area contributed by atoms with Crippen LogP contribution in [0.25, 0.3) is 0 Å². The SMILES string of the molecule is CCNC(=O)[C@H](Cc1ccccc1)N(Cc1c(Cl)cccc1Cl)C(=O)CN(c1cc(Cl)c(Cl)cc1Cl)S(C)(=O)=O. The summed E-state index contributed by atoms with van der Waals surface area (Å²) in [6.45, 7) is 1.21. The third kappa shape index (κ3) is 8.18. The van der Waals surface area contributed by atoms with Crippen LogP contribution < -0.4 is 9.62 Å². The lowest BCUT2D eigenvalue weighted by Gasteiger charge is -2.34. The molecule has 13 heteroatoms. The van der Waals surface area contributed by atoms with Gasteiger partial charge in [0.15, 0.2) is 0 Å². The van der Waals surface area contributed by atoms with Crippen LogP contribution in [-0.4, -0.2) is 50.5 Å². The minimum absolute atomic E-state index is 0.0297. The van der Waals surface area contributed by atoms with Gasteiger partial charge in [-0.2, -0.15) is 0 Å². The van der Waals surface area contributed by atoms with Crippen LogP contribution >= 0.6 is 58.0 Å². The minimum Gasteiger partial charge on any atom is -0.355 e. The second-order valence-electron chi connectivity index (χ2n) is 8.81. The van der Waals surface area contributed by atoms with Gasteiger partial charge in [-0.1, -0.05) is 94.4 Å². The number of nitrogens with zero attached hydrogens (tertiary/aromatic N) is 2. The van der Waals surface area contributed by atoms with Gasteiger partial charge in [0, 0.05) is 35.1 Å². The first-order valence-corrected chi connectivity index (χ1v) is 15.7. The van der Waals surface area contributed by atoms with Gasteiger partial charge in [0.25, 0.3) is 0 Å². The predicted molar refractivity (Wildman–Crippen MR) is 163 cm³/mol. The number of hydrogen-bond donors (Lipinski definition) is 1. The van der Waals surface area contributed by atoms with Gasteiger partial charge in [0.2, 0.25) is 21.8 Å². The van der Waals surface area contributed by atoms with E-state index in [1.165, 1.54) is 17.0 Å². The Labute approximate surface area is 258 Å². The highest BCUT2D eigenvalue weighted by molar-refractivity contribution is 7.92. The fourth-order valence-electron chi connectivity index (χ4n) is 4.00. The Hall–Kier alpha value is -2.20. The van der Waals surface area contributed by atoms with Crippen LogP contribution in [0.5, 0.6) is 0 Å². The van der Waals surface area contributed by atoms with Gasteiger partial charge in [-0.3, -0.25) is 13.9 Å². The number of nitrogens with one attached hydrogen (secondary N) is 1. The summed E-state index contributed by atoms with van der Waals surface area (Å²) < 4.78 is 26.6. The average Bonchev–Trinajstić information content (AvgIpc) is 2.88. The Bertz CT molecular complexity index is 1470. The standard InChI is InChI=1S/C27H26Cl5N3O4S/c1-3-33-27(37)25(12-17-8-5-4-6-9-17)34(15-18-19(28)10-7-11-20(18)29)26(36)16-35(40(2,38)39)24-14-22(31)21(30)13-23(24)32/h4-11,13-14,25H,3,12,15-16H2,1-2H3,(H,33,37)/t25-/m0/s1. The van der Waals surface area contributed by atoms with E-state index >= 15 is 0 Å². The Kier molecular flexibility index (Phi) is 11.4. The van der Waals surface area contributed by atoms with Crippen LogP contribution in [0.4, 0.5) is 5.69 Å². The van der Waals surface area contributed by atoms with E-state index in [-0.39, 0.29) is 43.8 Å². The Morgan fingerprint density at radius 2 is 1.45 bits per heavy atom. The van der Waals surface area contributed by atoms with Gasteiger partial charge >= 0.3 is 0 Å². The zero-order valence-electron chi connectivity index (χ0n) is 21.5. The quantitative estimate of drug-likeness (QED) is 0.237. The van der Waals surface area contributed by atoms with Crippen molar-refractivity contribution in [3.8, 4) is 0 Å². The van der Waals surface area contributed by atoms with E-state index in [9.17, 15) is 18.0 Å². The predicted octanol–water partition coefficient (Wildman–Crippen LogP) is 6.50. The van der Waals surface area contributed by atoms with Gasteiger partial charge in [-0.25, -0.2) is 8.42 Å². The van der Waals surface area contributed by atoms with E-state index in [1.54, 1.807) is 25.1 Å². The minimum atomic E-state index is -4.06. The van der Waals surface area contributed by atoms with E-state index in [0.29, 0.717) is 12.1 Å². The molecule has 1 atom stereocenters. The molecule has 0 aromatic heterocycles. The first-order chi connectivity index (χ1) is 18.8. The highest BCUT2D eigenvalue weighted by Gasteiger charge is 2.34. The summed E-state index contributed by atoms with van der Waals surface area (Å²) in [5.41, 5.74) is 1.15. The van der Waals surface area contributed by atoms with Crippen molar-refractivity contribution in [2.75, 3.05) is 23.7 Å². The maximum absolute atomic E-state index is 14.1. The number of likely N-dealkylation sites (N-methyl/N-ethyl adjacent to an activating group) is 1. The number of benzene rings is 3. The molecule has 2 amide bonds. The third-order valence-corrected chi connectivity index (χ3v) is 8.81. The maximum Gasteiger partial charge on any atom is 0.244 e. The van der Waals surface area contributed by atoms with Crippen LogP contribution in [0.3, 0.4) is 0 Å². The van der Waals surface area contributed by atoms with Crippen LogP contribution in [0, 0.1) is 0 Å². The zero-order chi connectivity index (χ0) is 29.6. The molecule has 3 aromatic rings. The van der Waals surface area contributed by atoms with E-state index in [2.05, 4.69) is 5.32 Å². The summed E-state index contributed by atoms with van der Waals surface area (Å²) in [6.07, 6.45) is 1.08. The normalized spacial score (nSPS) is 12.1. The number of carbonyl (C=O) groups excluding carboxylic acids is 2. The number of halogens is 5. The lowest BCUT2D eigenvalue weighted by atomic mass is 10.0. The van der Waals surface area contributed by atoms with Crippen molar-refractivity contribution in [3.05, 3.63) is 96.9 Å². The summed E-state index contributed by atoms with van der Waals surface area (Å²) in [5, 5.41) is 3.47. The molecule has 0 aliphatic carbocycles. The number of sulfonamides is 1. The monoisotopic (exact) mass is 663 g/mol. The van der Waals surface area contributed by atoms with Crippen LogP contribution in [0.15, 0.2) is 60.7 Å². The van der Waals surface area contributed by atoms with Crippen molar-refractivity contribution >= 4 is 85.5 Å². The molecule has 0 aliphatic rings. The molecule has 3 rings (SSSR count). The molecule has 1 N–H and O–H groups in total. The van der Waals surface area contributed by atoms with Crippen LogP contribution in [0.2, 0.25) is 25.1 Å². The molecule has 40 heavy (non-hydrogen) atoms. The molecule has 0 bridgehead atoms. The maximum atomic E-state index is 14.1. The molecule has 0 fully saturated rings. The fourth-order valence-corrected chi connectivity index (χ4v) is 6.06. The van der Waals surface area contributed by atoms with Crippen molar-refractivity contribution in [1.29, 1.82) is 0 Å². The number of rotatable bonds is 11. The second kappa shape index (κ2) is 14.1. The molecule has 214 valence electrons. The summed E-state index contributed by atoms with van der Waals surface area (Å²) in [5.74, 6) is -1.13. The number of amides is 2. The molecule has 3 aromatic carbocycles. The summed E-state index contributed by atoms with van der Waals surface area (Å²) in [4.78, 5) is 28.7. The zero-order valence-corrected chi connectivity index (χ0v) is 26.1. The highest BCUT2D eigenvalue weighted by Crippen LogP contribution is 2.36. The van der Waals surface area contributed by atoms with Gasteiger partial charge in [0.05, 0.1) is 27.0 Å². The lowest BCUT2D eigenvalue weighted by Crippen LogP contribution is -2.53. The summed E-state index contributed by atoms with van der Waals surface area (Å²) >= 11 is 31.4. The summed E-state index contributed by atoms with van der Waals surface area (Å²) in [7, 11) is -4.06. The summed E-state index contributed by atoms with van der Waals surface area (Å²) in [6, 6.07) is 15.5. The van der Waals surface area contributed by atoms with Gasteiger partial charge in [-0.05, 0) is 36.8 Å². The molecular formula is C27H26Cl5N3O4S. The Morgan fingerprint density at radius 3 is 2.02 bits per heavy atom. The van der Waals surface area contributed by atoms with E-state index in [4.69, 9.17) is 58.0 Å². The average molecular weight is 666 g/mol. The molecule has 0 unspecified atom stereocenters. The van der Waals surface area contributed by atoms with Crippen LogP contribution in [-0.2, 0) is 32.6 Å². The van der Waals surface area contributed by atoms with E-state index in [1.807, 2.05) is 30.3 Å². The smallest absolute Gasteiger partial charge is 0.244 e. The topological polar surface area (TPSA) is 86.8 Å².